The van der Waals surface area contributed by atoms with Crippen LogP contribution < -0.4 is 4.18 Å². The van der Waals surface area contributed by atoms with Gasteiger partial charge in [-0.05, 0) is 73.0 Å². The quantitative estimate of drug-likeness (QED) is 0.503. The van der Waals surface area contributed by atoms with E-state index in [1.807, 2.05) is 0 Å². The van der Waals surface area contributed by atoms with Gasteiger partial charge in [0.2, 0.25) is 0 Å². The van der Waals surface area contributed by atoms with Crippen molar-refractivity contribution in [2.45, 2.75) is 30.3 Å². The second-order valence-corrected chi connectivity index (χ2v) is 8.86. The maximum atomic E-state index is 13.5. The van der Waals surface area contributed by atoms with Crippen molar-refractivity contribution in [1.29, 1.82) is 0 Å². The molecule has 0 bridgehead atoms. The number of halogens is 2. The summed E-state index contributed by atoms with van der Waals surface area (Å²) in [5.74, 6) is -1.16. The van der Waals surface area contributed by atoms with E-state index in [0.717, 1.165) is 42.7 Å². The Morgan fingerprint density at radius 2 is 1.61 bits per heavy atom. The van der Waals surface area contributed by atoms with E-state index in [4.69, 9.17) is 4.18 Å². The molecule has 1 aliphatic carbocycles. The van der Waals surface area contributed by atoms with Crippen LogP contribution in [0.5, 0.6) is 5.75 Å². The van der Waals surface area contributed by atoms with E-state index in [9.17, 15) is 22.0 Å². The Bertz CT molecular complexity index is 1190. The first-order chi connectivity index (χ1) is 14.8. The molecule has 4 rings (SSSR count). The number of benzene rings is 3. The van der Waals surface area contributed by atoms with Gasteiger partial charge < -0.3 is 9.08 Å². The van der Waals surface area contributed by atoms with Crippen molar-refractivity contribution < 1.29 is 26.2 Å². The van der Waals surface area contributed by atoms with Gasteiger partial charge in [-0.15, -0.1) is 0 Å². The molecule has 0 aromatic heterocycles. The van der Waals surface area contributed by atoms with Gasteiger partial charge in [0, 0.05) is 18.2 Å². The molecule has 5 nitrogen and oxygen atoms in total. The molecule has 0 unspecified atom stereocenters. The molecule has 0 spiro atoms. The van der Waals surface area contributed by atoms with Crippen molar-refractivity contribution >= 4 is 16.0 Å². The SMILES string of the molecule is O=C(c1cccc(F)c1)N(Cc1ccc(OS(=O)(=O)c2ccc(F)cc2)cc1)C1CC1. The molecule has 160 valence electrons. The smallest absolute Gasteiger partial charge is 0.339 e. The molecule has 31 heavy (non-hydrogen) atoms. The van der Waals surface area contributed by atoms with Gasteiger partial charge >= 0.3 is 10.1 Å². The summed E-state index contributed by atoms with van der Waals surface area (Å²) in [6, 6.07) is 16.4. The van der Waals surface area contributed by atoms with Crippen LogP contribution in [-0.2, 0) is 16.7 Å². The first-order valence-corrected chi connectivity index (χ1v) is 11.1. The van der Waals surface area contributed by atoms with Gasteiger partial charge in [-0.1, -0.05) is 18.2 Å². The Morgan fingerprint density at radius 1 is 0.935 bits per heavy atom. The Morgan fingerprint density at radius 3 is 2.23 bits per heavy atom. The van der Waals surface area contributed by atoms with Gasteiger partial charge in [-0.25, -0.2) is 8.78 Å². The fourth-order valence-corrected chi connectivity index (χ4v) is 4.09. The second kappa shape index (κ2) is 8.47. The van der Waals surface area contributed by atoms with Crippen LogP contribution in [0.3, 0.4) is 0 Å². The van der Waals surface area contributed by atoms with Gasteiger partial charge in [-0.3, -0.25) is 4.79 Å². The number of rotatable bonds is 7. The molecule has 0 aliphatic heterocycles. The third kappa shape index (κ3) is 5.08. The number of carbonyl (C=O) groups excluding carboxylic acids is 1. The number of hydrogen-bond donors (Lipinski definition) is 0. The molecule has 1 saturated carbocycles. The van der Waals surface area contributed by atoms with Crippen LogP contribution in [-0.4, -0.2) is 25.3 Å². The fourth-order valence-electron chi connectivity index (χ4n) is 3.16. The maximum Gasteiger partial charge on any atom is 0.339 e. The largest absolute Gasteiger partial charge is 0.379 e. The molecule has 8 heteroatoms. The monoisotopic (exact) mass is 443 g/mol. The maximum absolute atomic E-state index is 13.5. The van der Waals surface area contributed by atoms with Crippen LogP contribution >= 0.6 is 0 Å². The Labute approximate surface area is 179 Å². The molecule has 1 fully saturated rings. The normalized spacial score (nSPS) is 13.6. The number of carbonyl (C=O) groups is 1. The molecule has 1 aliphatic rings. The van der Waals surface area contributed by atoms with Crippen molar-refractivity contribution in [2.24, 2.45) is 0 Å². The minimum atomic E-state index is -4.09. The molecule has 0 radical (unpaired) electrons. The van der Waals surface area contributed by atoms with E-state index in [1.165, 1.54) is 30.3 Å². The minimum absolute atomic E-state index is 0.0995. The Hall–Kier alpha value is -3.26. The zero-order valence-corrected chi connectivity index (χ0v) is 17.2. The molecule has 3 aromatic rings. The molecular formula is C23H19F2NO4S. The lowest BCUT2D eigenvalue weighted by Crippen LogP contribution is -2.32. The minimum Gasteiger partial charge on any atom is -0.379 e. The summed E-state index contributed by atoms with van der Waals surface area (Å²) >= 11 is 0. The van der Waals surface area contributed by atoms with Crippen molar-refractivity contribution in [3.05, 3.63) is 95.6 Å². The van der Waals surface area contributed by atoms with E-state index < -0.39 is 21.8 Å². The highest BCUT2D eigenvalue weighted by molar-refractivity contribution is 7.87. The third-order valence-electron chi connectivity index (χ3n) is 4.90. The van der Waals surface area contributed by atoms with Crippen LogP contribution in [0.2, 0.25) is 0 Å². The number of amides is 1. The van der Waals surface area contributed by atoms with Crippen LogP contribution in [0.1, 0.15) is 28.8 Å². The third-order valence-corrected chi connectivity index (χ3v) is 6.17. The summed E-state index contributed by atoms with van der Waals surface area (Å²) in [4.78, 5) is 14.4. The summed E-state index contributed by atoms with van der Waals surface area (Å²) in [7, 11) is -4.09. The van der Waals surface area contributed by atoms with Gasteiger partial charge in [0.1, 0.15) is 22.3 Å². The molecule has 0 atom stereocenters. The van der Waals surface area contributed by atoms with Crippen molar-refractivity contribution in [2.75, 3.05) is 0 Å². The van der Waals surface area contributed by atoms with Crippen LogP contribution in [0.25, 0.3) is 0 Å². The number of nitrogens with zero attached hydrogens (tertiary/aromatic N) is 1. The topological polar surface area (TPSA) is 63.7 Å². The highest BCUT2D eigenvalue weighted by Gasteiger charge is 2.33. The Kier molecular flexibility index (Phi) is 5.73. The molecule has 0 heterocycles. The zero-order chi connectivity index (χ0) is 22.0. The average Bonchev–Trinajstić information content (AvgIpc) is 3.58. The molecular weight excluding hydrogens is 424 g/mol. The van der Waals surface area contributed by atoms with E-state index in [-0.39, 0.29) is 28.2 Å². The lowest BCUT2D eigenvalue weighted by atomic mass is 10.1. The summed E-state index contributed by atoms with van der Waals surface area (Å²) in [5, 5.41) is 0. The zero-order valence-electron chi connectivity index (χ0n) is 16.4. The summed E-state index contributed by atoms with van der Waals surface area (Å²) in [6.45, 7) is 0.311. The van der Waals surface area contributed by atoms with E-state index in [2.05, 4.69) is 0 Å². The standard InChI is InChI=1S/C23H19F2NO4S/c24-18-6-12-22(13-7-18)31(28,29)30-21-10-4-16(5-11-21)15-26(20-8-9-20)23(27)17-2-1-3-19(25)14-17/h1-7,10-14,20H,8-9,15H2. The summed E-state index contributed by atoms with van der Waals surface area (Å²) in [5.41, 5.74) is 1.07. The van der Waals surface area contributed by atoms with Crippen molar-refractivity contribution in [3.63, 3.8) is 0 Å². The van der Waals surface area contributed by atoms with Crippen LogP contribution in [0.4, 0.5) is 8.78 Å². The van der Waals surface area contributed by atoms with Gasteiger partial charge in [0.25, 0.3) is 5.91 Å². The first kappa shape index (κ1) is 21.0. The highest BCUT2D eigenvalue weighted by atomic mass is 32.2. The highest BCUT2D eigenvalue weighted by Crippen LogP contribution is 2.30. The van der Waals surface area contributed by atoms with E-state index in [1.54, 1.807) is 23.1 Å². The van der Waals surface area contributed by atoms with Crippen molar-refractivity contribution in [1.82, 2.24) is 4.90 Å². The molecule has 1 amide bonds. The van der Waals surface area contributed by atoms with Crippen molar-refractivity contribution in [3.8, 4) is 5.75 Å². The van der Waals surface area contributed by atoms with Crippen LogP contribution in [0.15, 0.2) is 77.7 Å². The average molecular weight is 443 g/mol. The van der Waals surface area contributed by atoms with Gasteiger partial charge in [0.15, 0.2) is 0 Å². The number of hydrogen-bond acceptors (Lipinski definition) is 4. The first-order valence-electron chi connectivity index (χ1n) is 9.67. The lowest BCUT2D eigenvalue weighted by Gasteiger charge is -2.23. The van der Waals surface area contributed by atoms with Gasteiger partial charge in [-0.2, -0.15) is 8.42 Å². The Balaban J connectivity index is 1.47. The van der Waals surface area contributed by atoms with Crippen LogP contribution in [0, 0.1) is 11.6 Å². The van der Waals surface area contributed by atoms with E-state index >= 15 is 0 Å². The second-order valence-electron chi connectivity index (χ2n) is 7.31. The molecule has 3 aromatic carbocycles. The summed E-state index contributed by atoms with van der Waals surface area (Å²) in [6.07, 6.45) is 1.77. The predicted molar refractivity (Wildman–Crippen MR) is 110 cm³/mol. The van der Waals surface area contributed by atoms with Gasteiger partial charge in [0.05, 0.1) is 0 Å². The fraction of sp³-hybridized carbons (Fsp3) is 0.174. The summed E-state index contributed by atoms with van der Waals surface area (Å²) < 4.78 is 56.3. The predicted octanol–water partition coefficient (Wildman–Crippen LogP) is 4.54. The lowest BCUT2D eigenvalue weighted by molar-refractivity contribution is 0.0729. The molecule has 0 saturated heterocycles. The van der Waals surface area contributed by atoms with E-state index in [0.29, 0.717) is 6.54 Å². The molecule has 0 N–H and O–H groups in total.